The minimum Gasteiger partial charge on any atom is -0.382 e. The van der Waals surface area contributed by atoms with E-state index in [4.69, 9.17) is 5.73 Å². The van der Waals surface area contributed by atoms with Crippen molar-refractivity contribution in [3.05, 3.63) is 18.3 Å². The second-order valence-electron chi connectivity index (χ2n) is 3.59. The number of aromatic nitrogens is 1. The van der Waals surface area contributed by atoms with Gasteiger partial charge in [0.2, 0.25) is 11.8 Å². The third kappa shape index (κ3) is 5.26. The molecule has 1 aromatic heterocycles. The number of nitrogens with two attached hydrogens (primary N) is 1. The van der Waals surface area contributed by atoms with Crippen molar-refractivity contribution < 1.29 is 9.59 Å². The summed E-state index contributed by atoms with van der Waals surface area (Å²) in [6.45, 7) is 2.55. The normalized spacial score (nSPS) is 9.67. The molecule has 0 saturated carbocycles. The SMILES string of the molecule is CC(=O)NCCNc1ccc(NC(=O)CN)nc1. The Bertz CT molecular complexity index is 404. The zero-order chi connectivity index (χ0) is 13.4. The molecule has 0 aliphatic carbocycles. The van der Waals surface area contributed by atoms with E-state index in [1.807, 2.05) is 0 Å². The highest BCUT2D eigenvalue weighted by Crippen LogP contribution is 2.08. The van der Waals surface area contributed by atoms with Crippen LogP contribution in [0.15, 0.2) is 18.3 Å². The Labute approximate surface area is 105 Å². The van der Waals surface area contributed by atoms with Crippen LogP contribution in [0.2, 0.25) is 0 Å². The summed E-state index contributed by atoms with van der Waals surface area (Å²) in [6, 6.07) is 3.46. The molecule has 0 spiro atoms. The van der Waals surface area contributed by atoms with E-state index >= 15 is 0 Å². The van der Waals surface area contributed by atoms with E-state index in [0.717, 1.165) is 5.69 Å². The van der Waals surface area contributed by atoms with Gasteiger partial charge in [0, 0.05) is 20.0 Å². The van der Waals surface area contributed by atoms with Crippen LogP contribution < -0.4 is 21.7 Å². The van der Waals surface area contributed by atoms with E-state index in [-0.39, 0.29) is 18.4 Å². The summed E-state index contributed by atoms with van der Waals surface area (Å²) in [4.78, 5) is 25.7. The average molecular weight is 251 g/mol. The number of amides is 2. The minimum absolute atomic E-state index is 0.0604. The smallest absolute Gasteiger partial charge is 0.239 e. The van der Waals surface area contributed by atoms with Crippen molar-refractivity contribution in [2.24, 2.45) is 5.73 Å². The molecule has 0 aliphatic heterocycles. The molecule has 7 heteroatoms. The third-order valence-corrected chi connectivity index (χ3v) is 2.04. The van der Waals surface area contributed by atoms with Gasteiger partial charge in [-0.25, -0.2) is 4.98 Å². The fourth-order valence-corrected chi connectivity index (χ4v) is 1.21. The Hall–Kier alpha value is -2.15. The number of pyridine rings is 1. The second kappa shape index (κ2) is 7.23. The highest BCUT2D eigenvalue weighted by molar-refractivity contribution is 5.91. The predicted octanol–water partition coefficient (Wildman–Crippen LogP) is -0.473. The largest absolute Gasteiger partial charge is 0.382 e. The first-order valence-corrected chi connectivity index (χ1v) is 5.56. The van der Waals surface area contributed by atoms with E-state index in [1.165, 1.54) is 6.92 Å². The van der Waals surface area contributed by atoms with Crippen molar-refractivity contribution in [2.75, 3.05) is 30.3 Å². The maximum absolute atomic E-state index is 11.0. The summed E-state index contributed by atoms with van der Waals surface area (Å²) in [6.07, 6.45) is 1.60. The molecule has 0 atom stereocenters. The number of carbonyl (C=O) groups is 2. The molecule has 1 heterocycles. The van der Waals surface area contributed by atoms with E-state index in [0.29, 0.717) is 18.9 Å². The van der Waals surface area contributed by atoms with Crippen molar-refractivity contribution >= 4 is 23.3 Å². The van der Waals surface area contributed by atoms with Crippen LogP contribution in [-0.2, 0) is 9.59 Å². The van der Waals surface area contributed by atoms with Crippen LogP contribution in [0.5, 0.6) is 0 Å². The Morgan fingerprint density at radius 2 is 2.11 bits per heavy atom. The van der Waals surface area contributed by atoms with Gasteiger partial charge in [-0.3, -0.25) is 9.59 Å². The summed E-state index contributed by atoms with van der Waals surface area (Å²) in [5.74, 6) is 0.112. The Morgan fingerprint density at radius 1 is 1.33 bits per heavy atom. The predicted molar refractivity (Wildman–Crippen MR) is 69.1 cm³/mol. The molecule has 0 radical (unpaired) electrons. The first-order valence-electron chi connectivity index (χ1n) is 5.56. The summed E-state index contributed by atoms with van der Waals surface area (Å²) in [5, 5.41) is 8.29. The molecule has 0 aliphatic rings. The van der Waals surface area contributed by atoms with Crippen molar-refractivity contribution in [3.8, 4) is 0 Å². The first kappa shape index (κ1) is 13.9. The number of anilines is 2. The van der Waals surface area contributed by atoms with Crippen LogP contribution in [0, 0.1) is 0 Å². The summed E-state index contributed by atoms with van der Waals surface area (Å²) < 4.78 is 0. The molecule has 18 heavy (non-hydrogen) atoms. The number of nitrogens with zero attached hydrogens (tertiary/aromatic N) is 1. The number of carbonyl (C=O) groups excluding carboxylic acids is 2. The van der Waals surface area contributed by atoms with Gasteiger partial charge in [-0.05, 0) is 12.1 Å². The van der Waals surface area contributed by atoms with E-state index in [1.54, 1.807) is 18.3 Å². The molecule has 0 saturated heterocycles. The van der Waals surface area contributed by atoms with Crippen LogP contribution in [0.3, 0.4) is 0 Å². The monoisotopic (exact) mass is 251 g/mol. The number of hydrogen-bond donors (Lipinski definition) is 4. The van der Waals surface area contributed by atoms with Crippen molar-refractivity contribution in [3.63, 3.8) is 0 Å². The Kier molecular flexibility index (Phi) is 5.59. The summed E-state index contributed by atoms with van der Waals surface area (Å²) in [5.41, 5.74) is 5.98. The molecular formula is C11H17N5O2. The topological polar surface area (TPSA) is 109 Å². The van der Waals surface area contributed by atoms with Crippen molar-refractivity contribution in [2.45, 2.75) is 6.92 Å². The fraction of sp³-hybridized carbons (Fsp3) is 0.364. The van der Waals surface area contributed by atoms with E-state index < -0.39 is 0 Å². The molecule has 0 bridgehead atoms. The lowest BCUT2D eigenvalue weighted by molar-refractivity contribution is -0.119. The maximum atomic E-state index is 11.0. The lowest BCUT2D eigenvalue weighted by Crippen LogP contribution is -2.26. The van der Waals surface area contributed by atoms with Crippen LogP contribution in [0.4, 0.5) is 11.5 Å². The molecule has 1 aromatic rings. The summed E-state index contributed by atoms with van der Waals surface area (Å²) in [7, 11) is 0. The number of hydrogen-bond acceptors (Lipinski definition) is 5. The second-order valence-corrected chi connectivity index (χ2v) is 3.59. The highest BCUT2D eigenvalue weighted by atomic mass is 16.2. The van der Waals surface area contributed by atoms with Crippen LogP contribution >= 0.6 is 0 Å². The molecule has 98 valence electrons. The average Bonchev–Trinajstić information content (AvgIpc) is 2.36. The van der Waals surface area contributed by atoms with Gasteiger partial charge in [-0.1, -0.05) is 0 Å². The van der Waals surface area contributed by atoms with Gasteiger partial charge < -0.3 is 21.7 Å². The molecule has 0 aromatic carbocycles. The van der Waals surface area contributed by atoms with Crippen LogP contribution in [0.25, 0.3) is 0 Å². The fourth-order valence-electron chi connectivity index (χ4n) is 1.21. The highest BCUT2D eigenvalue weighted by Gasteiger charge is 2.00. The van der Waals surface area contributed by atoms with Crippen LogP contribution in [-0.4, -0.2) is 36.4 Å². The lowest BCUT2D eigenvalue weighted by Gasteiger charge is -2.07. The van der Waals surface area contributed by atoms with Crippen molar-refractivity contribution in [1.82, 2.24) is 10.3 Å². The quantitative estimate of drug-likeness (QED) is 0.511. The van der Waals surface area contributed by atoms with Gasteiger partial charge in [0.05, 0.1) is 18.4 Å². The molecule has 2 amide bonds. The molecule has 7 nitrogen and oxygen atoms in total. The van der Waals surface area contributed by atoms with E-state index in [2.05, 4.69) is 20.9 Å². The van der Waals surface area contributed by atoms with Gasteiger partial charge in [0.1, 0.15) is 5.82 Å². The lowest BCUT2D eigenvalue weighted by atomic mass is 10.4. The minimum atomic E-state index is -0.283. The Morgan fingerprint density at radius 3 is 2.67 bits per heavy atom. The number of rotatable bonds is 6. The number of nitrogens with one attached hydrogen (secondary N) is 3. The maximum Gasteiger partial charge on any atom is 0.239 e. The van der Waals surface area contributed by atoms with Gasteiger partial charge in [-0.15, -0.1) is 0 Å². The van der Waals surface area contributed by atoms with Gasteiger partial charge >= 0.3 is 0 Å². The molecule has 0 fully saturated rings. The van der Waals surface area contributed by atoms with Gasteiger partial charge in [-0.2, -0.15) is 0 Å². The summed E-state index contributed by atoms with van der Waals surface area (Å²) >= 11 is 0. The first-order chi connectivity index (χ1) is 8.61. The van der Waals surface area contributed by atoms with E-state index in [9.17, 15) is 9.59 Å². The molecule has 5 N–H and O–H groups in total. The zero-order valence-corrected chi connectivity index (χ0v) is 10.2. The van der Waals surface area contributed by atoms with Gasteiger partial charge in [0.15, 0.2) is 0 Å². The van der Waals surface area contributed by atoms with Gasteiger partial charge in [0.25, 0.3) is 0 Å². The molecular weight excluding hydrogens is 234 g/mol. The standard InChI is InChI=1S/C11H17N5O2/c1-8(17)13-4-5-14-9-2-3-10(15-7-9)16-11(18)6-12/h2-3,7,14H,4-6,12H2,1H3,(H,13,17)(H,15,16,18). The zero-order valence-electron chi connectivity index (χ0n) is 10.2. The third-order valence-electron chi connectivity index (χ3n) is 2.04. The Balaban J connectivity index is 2.36. The van der Waals surface area contributed by atoms with Crippen molar-refractivity contribution in [1.29, 1.82) is 0 Å². The molecule has 0 unspecified atom stereocenters. The van der Waals surface area contributed by atoms with Crippen LogP contribution in [0.1, 0.15) is 6.92 Å². The molecule has 1 rings (SSSR count).